The summed E-state index contributed by atoms with van der Waals surface area (Å²) in [7, 11) is 0. The van der Waals surface area contributed by atoms with Crippen molar-refractivity contribution in [2.24, 2.45) is 4.99 Å². The van der Waals surface area contributed by atoms with Gasteiger partial charge in [0.1, 0.15) is 0 Å². The van der Waals surface area contributed by atoms with Crippen LogP contribution in [0.25, 0.3) is 0 Å². The highest BCUT2D eigenvalue weighted by Crippen LogP contribution is 2.22. The summed E-state index contributed by atoms with van der Waals surface area (Å²) in [6, 6.07) is 10.1. The molecule has 0 radical (unpaired) electrons. The number of piperidine rings is 1. The Bertz CT molecular complexity index is 526. The predicted octanol–water partition coefficient (Wildman–Crippen LogP) is 2.60. The molecule has 5 heteroatoms. The van der Waals surface area contributed by atoms with Crippen LogP contribution in [0.2, 0.25) is 0 Å². The molecule has 0 aromatic heterocycles. The second kappa shape index (κ2) is 7.79. The van der Waals surface area contributed by atoms with Gasteiger partial charge in [-0.25, -0.2) is 0 Å². The van der Waals surface area contributed by atoms with Gasteiger partial charge in [-0.05, 0) is 31.5 Å². The van der Waals surface area contributed by atoms with Crippen molar-refractivity contribution in [1.82, 2.24) is 9.80 Å². The van der Waals surface area contributed by atoms with E-state index in [9.17, 15) is 4.79 Å². The second-order valence-corrected chi connectivity index (χ2v) is 6.76. The first-order chi connectivity index (χ1) is 10.8. The van der Waals surface area contributed by atoms with E-state index >= 15 is 0 Å². The molecule has 0 N–H and O–H groups in total. The summed E-state index contributed by atoms with van der Waals surface area (Å²) < 4.78 is 0. The Morgan fingerprint density at radius 3 is 2.64 bits per heavy atom. The summed E-state index contributed by atoms with van der Waals surface area (Å²) in [6.07, 6.45) is 3.98. The molecule has 1 aromatic carbocycles. The maximum absolute atomic E-state index is 12.1. The van der Waals surface area contributed by atoms with Gasteiger partial charge < -0.3 is 4.90 Å². The van der Waals surface area contributed by atoms with Crippen molar-refractivity contribution in [1.29, 1.82) is 0 Å². The van der Waals surface area contributed by atoms with E-state index < -0.39 is 0 Å². The highest BCUT2D eigenvalue weighted by Gasteiger charge is 2.27. The molecule has 0 spiro atoms. The Kier molecular flexibility index (Phi) is 5.51. The third-order valence-electron chi connectivity index (χ3n) is 4.15. The van der Waals surface area contributed by atoms with E-state index in [0.29, 0.717) is 12.3 Å². The van der Waals surface area contributed by atoms with Crippen molar-refractivity contribution >= 4 is 22.8 Å². The summed E-state index contributed by atoms with van der Waals surface area (Å²) in [5.41, 5.74) is 1.15. The van der Waals surface area contributed by atoms with Gasteiger partial charge in [0, 0.05) is 6.54 Å². The van der Waals surface area contributed by atoms with E-state index in [4.69, 9.17) is 0 Å². The molecule has 3 rings (SSSR count). The second-order valence-electron chi connectivity index (χ2n) is 5.82. The van der Waals surface area contributed by atoms with Crippen LogP contribution < -0.4 is 0 Å². The smallest absolute Gasteiger partial charge is 0.239 e. The van der Waals surface area contributed by atoms with Crippen LogP contribution in [0.5, 0.6) is 0 Å². The predicted molar refractivity (Wildman–Crippen MR) is 92.0 cm³/mol. The third kappa shape index (κ3) is 4.11. The van der Waals surface area contributed by atoms with E-state index in [2.05, 4.69) is 22.0 Å². The van der Waals surface area contributed by atoms with Gasteiger partial charge in [0.15, 0.2) is 5.17 Å². The molecule has 2 fully saturated rings. The highest BCUT2D eigenvalue weighted by molar-refractivity contribution is 8.15. The highest BCUT2D eigenvalue weighted by atomic mass is 32.2. The lowest BCUT2D eigenvalue weighted by molar-refractivity contribution is -0.124. The van der Waals surface area contributed by atoms with Crippen molar-refractivity contribution in [3.8, 4) is 0 Å². The Morgan fingerprint density at radius 2 is 1.86 bits per heavy atom. The molecular weight excluding hydrogens is 294 g/mol. The zero-order valence-electron chi connectivity index (χ0n) is 12.9. The molecule has 2 heterocycles. The maximum atomic E-state index is 12.1. The molecule has 118 valence electrons. The van der Waals surface area contributed by atoms with Crippen LogP contribution in [0.3, 0.4) is 0 Å². The average Bonchev–Trinajstić information content (AvgIpc) is 2.90. The number of amidine groups is 1. The minimum Gasteiger partial charge on any atom is -0.301 e. The topological polar surface area (TPSA) is 35.9 Å². The number of benzene rings is 1. The first-order valence-electron chi connectivity index (χ1n) is 8.07. The van der Waals surface area contributed by atoms with Crippen molar-refractivity contribution in [2.45, 2.75) is 25.8 Å². The van der Waals surface area contributed by atoms with Gasteiger partial charge in [-0.1, -0.05) is 48.5 Å². The number of nitrogens with zero attached hydrogens (tertiary/aromatic N) is 3. The molecule has 1 aromatic rings. The van der Waals surface area contributed by atoms with Crippen LogP contribution in [-0.2, 0) is 11.3 Å². The molecule has 0 unspecified atom stereocenters. The van der Waals surface area contributed by atoms with E-state index in [0.717, 1.165) is 23.8 Å². The standard InChI is InChI=1S/C17H23N3OS/c21-16-14-22-17(18-9-12-19-10-5-2-6-11-19)20(16)13-15-7-3-1-4-8-15/h1,3-4,7-8H,2,5-6,9-14H2. The summed E-state index contributed by atoms with van der Waals surface area (Å²) in [6.45, 7) is 4.84. The number of hydrogen-bond acceptors (Lipinski definition) is 4. The molecule has 22 heavy (non-hydrogen) atoms. The zero-order valence-corrected chi connectivity index (χ0v) is 13.7. The van der Waals surface area contributed by atoms with Gasteiger partial charge >= 0.3 is 0 Å². The molecule has 0 aliphatic carbocycles. The number of aliphatic imine (C=N–C) groups is 1. The first kappa shape index (κ1) is 15.6. The van der Waals surface area contributed by atoms with Crippen molar-refractivity contribution in [2.75, 3.05) is 31.9 Å². The number of hydrogen-bond donors (Lipinski definition) is 0. The van der Waals surface area contributed by atoms with Crippen LogP contribution in [-0.4, -0.2) is 52.8 Å². The van der Waals surface area contributed by atoms with Gasteiger partial charge in [-0.3, -0.25) is 14.7 Å². The molecule has 1 amide bonds. The number of carbonyl (C=O) groups is 1. The van der Waals surface area contributed by atoms with Crippen LogP contribution in [0.15, 0.2) is 35.3 Å². The van der Waals surface area contributed by atoms with Gasteiger partial charge in [0.2, 0.25) is 5.91 Å². The Hall–Kier alpha value is -1.33. The fourth-order valence-electron chi connectivity index (χ4n) is 2.91. The molecule has 0 saturated carbocycles. The molecule has 2 saturated heterocycles. The maximum Gasteiger partial charge on any atom is 0.239 e. The minimum atomic E-state index is 0.172. The van der Waals surface area contributed by atoms with E-state index in [1.54, 1.807) is 11.8 Å². The third-order valence-corrected chi connectivity index (χ3v) is 5.15. The lowest BCUT2D eigenvalue weighted by Crippen LogP contribution is -2.33. The average molecular weight is 317 g/mol. The number of rotatable bonds is 5. The van der Waals surface area contributed by atoms with Crippen LogP contribution >= 0.6 is 11.8 Å². The van der Waals surface area contributed by atoms with Crippen molar-refractivity contribution < 1.29 is 4.79 Å². The summed E-state index contributed by atoms with van der Waals surface area (Å²) in [5.74, 6) is 0.695. The lowest BCUT2D eigenvalue weighted by Gasteiger charge is -2.25. The van der Waals surface area contributed by atoms with E-state index in [1.807, 2.05) is 23.1 Å². The van der Waals surface area contributed by atoms with Gasteiger partial charge in [0.25, 0.3) is 0 Å². The number of carbonyl (C=O) groups excluding carboxylic acids is 1. The molecular formula is C17H23N3OS. The lowest BCUT2D eigenvalue weighted by atomic mass is 10.1. The van der Waals surface area contributed by atoms with Crippen LogP contribution in [0.4, 0.5) is 0 Å². The fourth-order valence-corrected chi connectivity index (χ4v) is 3.82. The summed E-state index contributed by atoms with van der Waals surface area (Å²) >= 11 is 1.57. The Labute approximate surface area is 136 Å². The van der Waals surface area contributed by atoms with E-state index in [1.165, 1.54) is 32.4 Å². The minimum absolute atomic E-state index is 0.172. The van der Waals surface area contributed by atoms with E-state index in [-0.39, 0.29) is 5.91 Å². The molecule has 2 aliphatic heterocycles. The molecule has 0 atom stereocenters. The number of likely N-dealkylation sites (tertiary alicyclic amines) is 1. The monoisotopic (exact) mass is 317 g/mol. The van der Waals surface area contributed by atoms with Gasteiger partial charge in [-0.2, -0.15) is 0 Å². The molecule has 4 nitrogen and oxygen atoms in total. The zero-order chi connectivity index (χ0) is 15.2. The largest absolute Gasteiger partial charge is 0.301 e. The number of amides is 1. The van der Waals surface area contributed by atoms with Crippen LogP contribution in [0.1, 0.15) is 24.8 Å². The number of thioether (sulfide) groups is 1. The molecule has 0 bridgehead atoms. The summed E-state index contributed by atoms with van der Waals surface area (Å²) in [4.78, 5) is 21.1. The fraction of sp³-hybridized carbons (Fsp3) is 0.529. The summed E-state index contributed by atoms with van der Waals surface area (Å²) in [5, 5.41) is 0.894. The normalized spacial score (nSPS) is 21.7. The van der Waals surface area contributed by atoms with Crippen molar-refractivity contribution in [3.63, 3.8) is 0 Å². The Balaban J connectivity index is 1.56. The Morgan fingerprint density at radius 1 is 1.09 bits per heavy atom. The SMILES string of the molecule is O=C1CSC(=NCCN2CCCCC2)N1Cc1ccccc1. The first-order valence-corrected chi connectivity index (χ1v) is 9.05. The molecule has 2 aliphatic rings. The van der Waals surface area contributed by atoms with Gasteiger partial charge in [-0.15, -0.1) is 0 Å². The van der Waals surface area contributed by atoms with Gasteiger partial charge in [0.05, 0.1) is 18.8 Å². The quantitative estimate of drug-likeness (QED) is 0.837. The van der Waals surface area contributed by atoms with Crippen molar-refractivity contribution in [3.05, 3.63) is 35.9 Å². The van der Waals surface area contributed by atoms with Crippen LogP contribution in [0, 0.1) is 0 Å².